The Morgan fingerprint density at radius 3 is 2.25 bits per heavy atom. The van der Waals surface area contributed by atoms with E-state index in [-0.39, 0.29) is 0 Å². The average Bonchev–Trinajstić information content (AvgIpc) is 2.67. The largest absolute Gasteiger partial charge is 0.492 e. The molecule has 0 aromatic rings. The summed E-state index contributed by atoms with van der Waals surface area (Å²) in [5, 5.41) is 0. The molecule has 0 spiro atoms. The van der Waals surface area contributed by atoms with Gasteiger partial charge in [-0.25, -0.2) is 0 Å². The molecule has 0 atom stereocenters. The van der Waals surface area contributed by atoms with Gasteiger partial charge in [-0.1, -0.05) is 6.92 Å². The van der Waals surface area contributed by atoms with Gasteiger partial charge in [0.25, 0.3) is 0 Å². The first-order valence-electron chi connectivity index (χ1n) is 4.44. The Kier molecular flexibility index (Phi) is 3.04. The monoisotopic (exact) mass is 180 g/mol. The van der Waals surface area contributed by atoms with E-state index in [0.717, 1.165) is 12.8 Å². The van der Waals surface area contributed by atoms with Crippen molar-refractivity contribution in [2.75, 3.05) is 19.5 Å². The minimum atomic E-state index is -4.63. The third kappa shape index (κ3) is 4.00. The van der Waals surface area contributed by atoms with Gasteiger partial charge in [-0.3, -0.25) is 0 Å². The van der Waals surface area contributed by atoms with Crippen LogP contribution in [0.1, 0.15) is 19.8 Å². The van der Waals surface area contributed by atoms with Gasteiger partial charge in [0, 0.05) is 0 Å². The van der Waals surface area contributed by atoms with Gasteiger partial charge < -0.3 is 17.8 Å². The van der Waals surface area contributed by atoms with Crippen LogP contribution in [0, 0.1) is 5.92 Å². The molecule has 1 rings (SSSR count). The van der Waals surface area contributed by atoms with Gasteiger partial charge in [-0.05, 0) is 38.3 Å². The van der Waals surface area contributed by atoms with Crippen molar-refractivity contribution in [1.29, 1.82) is 0 Å². The highest BCUT2D eigenvalue weighted by atomic mass is 19.4. The van der Waals surface area contributed by atoms with E-state index in [1.165, 1.54) is 4.90 Å². The SMILES string of the molecule is CCN(CC1CC1)C[B-](F)(F)F. The van der Waals surface area contributed by atoms with Gasteiger partial charge >= 0.3 is 6.98 Å². The van der Waals surface area contributed by atoms with Crippen molar-refractivity contribution < 1.29 is 12.9 Å². The fraction of sp³-hybridized carbons (Fsp3) is 1.00. The average molecular weight is 180 g/mol. The van der Waals surface area contributed by atoms with Crippen LogP contribution in [0.5, 0.6) is 0 Å². The van der Waals surface area contributed by atoms with E-state index < -0.39 is 13.4 Å². The summed E-state index contributed by atoms with van der Waals surface area (Å²) in [4.78, 5) is 1.50. The van der Waals surface area contributed by atoms with Gasteiger partial charge in [0.2, 0.25) is 0 Å². The topological polar surface area (TPSA) is 3.24 Å². The zero-order valence-electron chi connectivity index (χ0n) is 7.27. The van der Waals surface area contributed by atoms with Crippen LogP contribution in [-0.4, -0.2) is 31.4 Å². The van der Waals surface area contributed by atoms with Crippen molar-refractivity contribution in [3.8, 4) is 0 Å². The highest BCUT2D eigenvalue weighted by molar-refractivity contribution is 6.58. The van der Waals surface area contributed by atoms with E-state index in [4.69, 9.17) is 0 Å². The molecule has 0 radical (unpaired) electrons. The molecule has 0 unspecified atom stereocenters. The second-order valence-electron chi connectivity index (χ2n) is 3.51. The standard InChI is InChI=1S/C7H14BF3N/c1-2-12(5-7-3-4-7)6-8(9,10)11/h7H,2-6H2,1H3/q-1. The second-order valence-corrected chi connectivity index (χ2v) is 3.51. The summed E-state index contributed by atoms with van der Waals surface area (Å²) in [5.41, 5.74) is 0. The highest BCUT2D eigenvalue weighted by Crippen LogP contribution is 2.30. The summed E-state index contributed by atoms with van der Waals surface area (Å²) >= 11 is 0. The number of nitrogens with zero attached hydrogens (tertiary/aromatic N) is 1. The molecule has 0 aliphatic heterocycles. The van der Waals surface area contributed by atoms with Crippen molar-refractivity contribution in [3.63, 3.8) is 0 Å². The summed E-state index contributed by atoms with van der Waals surface area (Å²) in [7, 11) is 0. The van der Waals surface area contributed by atoms with Crippen molar-refractivity contribution in [1.82, 2.24) is 4.90 Å². The summed E-state index contributed by atoms with van der Waals surface area (Å²) in [6, 6.07) is 0. The first-order valence-corrected chi connectivity index (χ1v) is 4.44. The van der Waals surface area contributed by atoms with Crippen LogP contribution in [0.25, 0.3) is 0 Å². The van der Waals surface area contributed by atoms with E-state index in [9.17, 15) is 12.9 Å². The fourth-order valence-corrected chi connectivity index (χ4v) is 1.29. The van der Waals surface area contributed by atoms with Crippen molar-refractivity contribution >= 4 is 6.98 Å². The highest BCUT2D eigenvalue weighted by Gasteiger charge is 2.29. The zero-order chi connectivity index (χ0) is 9.19. The Morgan fingerprint density at radius 2 is 1.92 bits per heavy atom. The summed E-state index contributed by atoms with van der Waals surface area (Å²) in [6.45, 7) is -1.70. The lowest BCUT2D eigenvalue weighted by Crippen LogP contribution is -2.39. The van der Waals surface area contributed by atoms with Crippen LogP contribution >= 0.6 is 0 Å². The Bertz CT molecular complexity index is 144. The molecule has 0 bridgehead atoms. The molecular formula is C7H14BF3N-. The molecule has 0 amide bonds. The first kappa shape index (κ1) is 9.90. The molecule has 1 saturated carbocycles. The summed E-state index contributed by atoms with van der Waals surface area (Å²) in [6.07, 6.45) is 1.54. The lowest BCUT2D eigenvalue weighted by molar-refractivity contribution is 0.280. The van der Waals surface area contributed by atoms with E-state index in [1.54, 1.807) is 6.92 Å². The van der Waals surface area contributed by atoms with Gasteiger partial charge in [-0.15, -0.1) is 0 Å². The maximum atomic E-state index is 12.0. The molecule has 1 aliphatic carbocycles. The van der Waals surface area contributed by atoms with Crippen LogP contribution < -0.4 is 0 Å². The normalized spacial score (nSPS) is 18.8. The predicted molar refractivity (Wildman–Crippen MR) is 43.9 cm³/mol. The van der Waals surface area contributed by atoms with E-state index in [2.05, 4.69) is 0 Å². The Morgan fingerprint density at radius 1 is 1.33 bits per heavy atom. The van der Waals surface area contributed by atoms with Crippen molar-refractivity contribution in [2.24, 2.45) is 5.92 Å². The second kappa shape index (κ2) is 3.68. The van der Waals surface area contributed by atoms with Crippen LogP contribution in [0.2, 0.25) is 0 Å². The smallest absolute Gasteiger partial charge is 0.448 e. The number of halogens is 3. The minimum Gasteiger partial charge on any atom is -0.448 e. The zero-order valence-corrected chi connectivity index (χ0v) is 7.27. The molecule has 0 aromatic heterocycles. The van der Waals surface area contributed by atoms with Crippen LogP contribution in [-0.2, 0) is 0 Å². The molecular weight excluding hydrogens is 166 g/mol. The number of rotatable bonds is 5. The molecule has 0 aromatic carbocycles. The van der Waals surface area contributed by atoms with E-state index >= 15 is 0 Å². The molecule has 0 N–H and O–H groups in total. The molecule has 72 valence electrons. The lowest BCUT2D eigenvalue weighted by atomic mass is 9.91. The third-order valence-corrected chi connectivity index (χ3v) is 2.13. The number of hydrogen-bond acceptors (Lipinski definition) is 1. The van der Waals surface area contributed by atoms with E-state index in [0.29, 0.717) is 19.0 Å². The quantitative estimate of drug-likeness (QED) is 0.585. The molecule has 1 fully saturated rings. The van der Waals surface area contributed by atoms with Gasteiger partial charge in [-0.2, -0.15) is 0 Å². The first-order chi connectivity index (χ1) is 5.51. The van der Waals surface area contributed by atoms with Gasteiger partial charge in [0.15, 0.2) is 0 Å². The van der Waals surface area contributed by atoms with Crippen molar-refractivity contribution in [3.05, 3.63) is 0 Å². The van der Waals surface area contributed by atoms with Crippen LogP contribution in [0.3, 0.4) is 0 Å². The van der Waals surface area contributed by atoms with Gasteiger partial charge in [0.1, 0.15) is 0 Å². The summed E-state index contributed by atoms with van der Waals surface area (Å²) < 4.78 is 36.0. The van der Waals surface area contributed by atoms with Crippen LogP contribution in [0.4, 0.5) is 12.9 Å². The maximum absolute atomic E-state index is 12.0. The van der Waals surface area contributed by atoms with E-state index in [1.807, 2.05) is 0 Å². The maximum Gasteiger partial charge on any atom is 0.492 e. The molecule has 1 nitrogen and oxygen atoms in total. The predicted octanol–water partition coefficient (Wildman–Crippen LogP) is 2.10. The molecule has 0 saturated heterocycles. The molecule has 5 heteroatoms. The third-order valence-electron chi connectivity index (χ3n) is 2.13. The fourth-order valence-electron chi connectivity index (χ4n) is 1.29. The Labute approximate surface area is 71.0 Å². The molecule has 1 aliphatic rings. The Hall–Kier alpha value is -0.185. The molecule has 0 heterocycles. The summed E-state index contributed by atoms with van der Waals surface area (Å²) in [5.74, 6) is 0.545. The minimum absolute atomic E-state index is 0.512. The van der Waals surface area contributed by atoms with Crippen LogP contribution in [0.15, 0.2) is 0 Å². The number of hydrogen-bond donors (Lipinski definition) is 0. The molecule has 12 heavy (non-hydrogen) atoms. The van der Waals surface area contributed by atoms with Gasteiger partial charge in [0.05, 0.1) is 0 Å². The lowest BCUT2D eigenvalue weighted by Gasteiger charge is -2.26. The Balaban J connectivity index is 2.23. The van der Waals surface area contributed by atoms with Crippen molar-refractivity contribution in [2.45, 2.75) is 19.8 Å².